The van der Waals surface area contributed by atoms with Gasteiger partial charge in [-0.05, 0) is 38.0 Å². The standard InChI is InChI=1S/C19H32N6O2.2ClH/c1-12(2)18-10-24-8-14(7-16(24)11-27-18)21-19(26)17-9-25(23-22-17)15-5-3-13(20)4-6-15;;/h9,12-16,18H,3-8,10-11,20H2,1-2H3,(H,21,26);2*1H/t13?,14-,15?,16+,18+;;/m1../s1. The van der Waals surface area contributed by atoms with E-state index in [2.05, 4.69) is 34.4 Å². The van der Waals surface area contributed by atoms with E-state index in [9.17, 15) is 4.79 Å². The van der Waals surface area contributed by atoms with Crippen LogP contribution in [0.2, 0.25) is 0 Å². The molecule has 8 nitrogen and oxygen atoms in total. The lowest BCUT2D eigenvalue weighted by atomic mass is 9.92. The average molecular weight is 449 g/mol. The Balaban J connectivity index is 0.00000150. The molecule has 29 heavy (non-hydrogen) atoms. The van der Waals surface area contributed by atoms with Crippen LogP contribution in [0.5, 0.6) is 0 Å². The van der Waals surface area contributed by atoms with E-state index in [1.807, 2.05) is 4.68 Å². The fourth-order valence-electron chi connectivity index (χ4n) is 4.59. The fraction of sp³-hybridized carbons (Fsp3) is 0.842. The molecule has 1 aliphatic carbocycles. The highest BCUT2D eigenvalue weighted by Crippen LogP contribution is 2.27. The molecule has 0 radical (unpaired) electrons. The zero-order chi connectivity index (χ0) is 19.0. The molecule has 0 spiro atoms. The minimum atomic E-state index is -0.125. The number of nitrogens with one attached hydrogen (secondary N) is 1. The number of hydrogen-bond acceptors (Lipinski definition) is 6. The van der Waals surface area contributed by atoms with Gasteiger partial charge in [0.25, 0.3) is 5.91 Å². The number of carbonyl (C=O) groups excluding carboxylic acids is 1. The summed E-state index contributed by atoms with van der Waals surface area (Å²) < 4.78 is 7.83. The molecule has 3 heterocycles. The summed E-state index contributed by atoms with van der Waals surface area (Å²) in [6.45, 7) is 6.99. The van der Waals surface area contributed by atoms with Crippen LogP contribution in [0.4, 0.5) is 0 Å². The van der Waals surface area contributed by atoms with Gasteiger partial charge in [-0.3, -0.25) is 9.69 Å². The van der Waals surface area contributed by atoms with Gasteiger partial charge in [0.15, 0.2) is 5.69 Å². The summed E-state index contributed by atoms with van der Waals surface area (Å²) in [7, 11) is 0. The highest BCUT2D eigenvalue weighted by atomic mass is 35.5. The van der Waals surface area contributed by atoms with Crippen molar-refractivity contribution in [3.8, 4) is 0 Å². The van der Waals surface area contributed by atoms with Crippen LogP contribution in [0.1, 0.15) is 62.5 Å². The average Bonchev–Trinajstić information content (AvgIpc) is 3.28. The maximum atomic E-state index is 12.6. The first-order valence-corrected chi connectivity index (χ1v) is 10.3. The number of morpholine rings is 1. The topological polar surface area (TPSA) is 98.3 Å². The predicted octanol–water partition coefficient (Wildman–Crippen LogP) is 1.79. The Kier molecular flexibility index (Phi) is 8.72. The van der Waals surface area contributed by atoms with Crippen LogP contribution in [0.25, 0.3) is 0 Å². The summed E-state index contributed by atoms with van der Waals surface area (Å²) in [5.41, 5.74) is 6.38. The summed E-state index contributed by atoms with van der Waals surface area (Å²) >= 11 is 0. The van der Waals surface area contributed by atoms with E-state index in [4.69, 9.17) is 10.5 Å². The van der Waals surface area contributed by atoms with Gasteiger partial charge >= 0.3 is 0 Å². The second kappa shape index (κ2) is 10.4. The SMILES string of the molecule is CC(C)[C@@H]1CN2C[C@H](NC(=O)c3cn(C4CCC(N)CC4)nn3)C[C@H]2CO1.Cl.Cl. The molecule has 3 fully saturated rings. The largest absolute Gasteiger partial charge is 0.375 e. The predicted molar refractivity (Wildman–Crippen MR) is 116 cm³/mol. The van der Waals surface area contributed by atoms with Gasteiger partial charge in [-0.2, -0.15) is 0 Å². The number of hydrogen-bond donors (Lipinski definition) is 2. The Labute approximate surface area is 185 Å². The summed E-state index contributed by atoms with van der Waals surface area (Å²) in [5, 5.41) is 11.5. The lowest BCUT2D eigenvalue weighted by Crippen LogP contribution is -2.48. The third-order valence-corrected chi connectivity index (χ3v) is 6.38. The molecular weight excluding hydrogens is 415 g/mol. The third-order valence-electron chi connectivity index (χ3n) is 6.38. The van der Waals surface area contributed by atoms with E-state index in [1.54, 1.807) is 6.20 Å². The molecule has 3 N–H and O–H groups in total. The smallest absolute Gasteiger partial charge is 0.273 e. The maximum Gasteiger partial charge on any atom is 0.273 e. The molecule has 1 aromatic heterocycles. The van der Waals surface area contributed by atoms with Gasteiger partial charge in [-0.25, -0.2) is 4.68 Å². The Hall–Kier alpha value is -0.930. The van der Waals surface area contributed by atoms with Crippen molar-refractivity contribution in [2.75, 3.05) is 19.7 Å². The van der Waals surface area contributed by atoms with Crippen LogP contribution in [-0.2, 0) is 4.74 Å². The summed E-state index contributed by atoms with van der Waals surface area (Å²) in [5.74, 6) is 0.393. The van der Waals surface area contributed by atoms with Crippen LogP contribution in [0.3, 0.4) is 0 Å². The zero-order valence-electron chi connectivity index (χ0n) is 17.2. The molecular formula is C19H34Cl2N6O2. The number of rotatable bonds is 4. The van der Waals surface area contributed by atoms with Crippen molar-refractivity contribution in [1.82, 2.24) is 25.2 Å². The van der Waals surface area contributed by atoms with Crippen LogP contribution >= 0.6 is 24.8 Å². The molecule has 166 valence electrons. The van der Waals surface area contributed by atoms with Gasteiger partial charge in [0, 0.05) is 31.2 Å². The van der Waals surface area contributed by atoms with Crippen molar-refractivity contribution in [1.29, 1.82) is 0 Å². The quantitative estimate of drug-likeness (QED) is 0.728. The number of halogens is 2. The van der Waals surface area contributed by atoms with E-state index in [0.717, 1.165) is 51.8 Å². The van der Waals surface area contributed by atoms with E-state index in [0.29, 0.717) is 35.8 Å². The van der Waals surface area contributed by atoms with E-state index >= 15 is 0 Å². The fourth-order valence-corrected chi connectivity index (χ4v) is 4.59. The summed E-state index contributed by atoms with van der Waals surface area (Å²) in [4.78, 5) is 15.1. The van der Waals surface area contributed by atoms with E-state index < -0.39 is 0 Å². The monoisotopic (exact) mass is 448 g/mol. The molecule has 0 unspecified atom stereocenters. The normalized spacial score (nSPS) is 32.2. The van der Waals surface area contributed by atoms with Gasteiger partial charge in [0.2, 0.25) is 0 Å². The van der Waals surface area contributed by atoms with Gasteiger partial charge in [0.1, 0.15) is 0 Å². The lowest BCUT2D eigenvalue weighted by molar-refractivity contribution is -0.0683. The molecule has 0 bridgehead atoms. The molecule has 0 aromatic carbocycles. The van der Waals surface area contributed by atoms with Crippen molar-refractivity contribution in [2.45, 2.75) is 76.2 Å². The minimum Gasteiger partial charge on any atom is -0.375 e. The van der Waals surface area contributed by atoms with E-state index in [-0.39, 0.29) is 36.8 Å². The molecule has 10 heteroatoms. The van der Waals surface area contributed by atoms with Crippen LogP contribution < -0.4 is 11.1 Å². The Morgan fingerprint density at radius 1 is 1.21 bits per heavy atom. The van der Waals surface area contributed by atoms with Crippen molar-refractivity contribution in [3.05, 3.63) is 11.9 Å². The maximum absolute atomic E-state index is 12.6. The second-order valence-electron chi connectivity index (χ2n) is 8.78. The van der Waals surface area contributed by atoms with Crippen molar-refractivity contribution >= 4 is 30.7 Å². The first-order valence-electron chi connectivity index (χ1n) is 10.3. The number of ether oxygens (including phenoxy) is 1. The van der Waals surface area contributed by atoms with Crippen LogP contribution in [-0.4, -0.2) is 69.7 Å². The summed E-state index contributed by atoms with van der Waals surface area (Å²) in [6.07, 6.45) is 7.03. The van der Waals surface area contributed by atoms with E-state index in [1.165, 1.54) is 0 Å². The van der Waals surface area contributed by atoms with Crippen LogP contribution in [0.15, 0.2) is 6.20 Å². The van der Waals surface area contributed by atoms with Gasteiger partial charge in [0.05, 0.1) is 24.9 Å². The molecule has 2 aliphatic heterocycles. The number of nitrogens with zero attached hydrogens (tertiary/aromatic N) is 4. The Morgan fingerprint density at radius 3 is 2.62 bits per heavy atom. The zero-order valence-corrected chi connectivity index (χ0v) is 18.8. The molecule has 3 aliphatic rings. The molecule has 1 amide bonds. The third kappa shape index (κ3) is 5.61. The van der Waals surface area contributed by atoms with Crippen molar-refractivity contribution < 1.29 is 9.53 Å². The number of nitrogens with two attached hydrogens (primary N) is 1. The van der Waals surface area contributed by atoms with Gasteiger partial charge in [-0.1, -0.05) is 19.1 Å². The first kappa shape index (κ1) is 24.3. The highest BCUT2D eigenvalue weighted by molar-refractivity contribution is 5.92. The molecule has 3 atom stereocenters. The molecule has 4 rings (SSSR count). The number of aromatic nitrogens is 3. The van der Waals surface area contributed by atoms with Crippen molar-refractivity contribution in [2.24, 2.45) is 11.7 Å². The minimum absolute atomic E-state index is 0. The Morgan fingerprint density at radius 2 is 1.93 bits per heavy atom. The molecule has 2 saturated heterocycles. The second-order valence-corrected chi connectivity index (χ2v) is 8.78. The number of carbonyl (C=O) groups is 1. The highest BCUT2D eigenvalue weighted by Gasteiger charge is 2.38. The molecule has 1 aromatic rings. The van der Waals surface area contributed by atoms with Crippen LogP contribution in [0, 0.1) is 5.92 Å². The first-order chi connectivity index (χ1) is 13.0. The number of fused-ring (bicyclic) bond motifs is 1. The molecule has 1 saturated carbocycles. The lowest BCUT2D eigenvalue weighted by Gasteiger charge is -2.36. The Bertz CT molecular complexity index is 665. The number of amides is 1. The van der Waals surface area contributed by atoms with Gasteiger partial charge < -0.3 is 15.8 Å². The van der Waals surface area contributed by atoms with Gasteiger partial charge in [-0.15, -0.1) is 29.9 Å². The summed E-state index contributed by atoms with van der Waals surface area (Å²) in [6, 6.07) is 1.17. The van der Waals surface area contributed by atoms with Crippen molar-refractivity contribution in [3.63, 3.8) is 0 Å².